The Morgan fingerprint density at radius 3 is 2.73 bits per heavy atom. The number of nitrogens with one attached hydrogen (secondary N) is 1. The number of hydrogen-bond donors (Lipinski definition) is 1. The second-order valence-electron chi connectivity index (χ2n) is 5.75. The highest BCUT2D eigenvalue weighted by Crippen LogP contribution is 2.26. The predicted molar refractivity (Wildman–Crippen MR) is 109 cm³/mol. The summed E-state index contributed by atoms with van der Waals surface area (Å²) in [4.78, 5) is 24.1. The number of aryl methyl sites for hydroxylation is 2. The largest absolute Gasteiger partial charge is 0.483 e. The molecular weight excluding hydrogens is 416 g/mol. The second kappa shape index (κ2) is 8.05. The van der Waals surface area contributed by atoms with E-state index in [0.29, 0.717) is 18.0 Å². The molecular formula is C19H19BrN2O3S. The summed E-state index contributed by atoms with van der Waals surface area (Å²) in [6.07, 6.45) is 0.938. The number of carbonyl (C=O) groups is 1. The van der Waals surface area contributed by atoms with Crippen LogP contribution in [0.25, 0.3) is 10.2 Å². The molecule has 1 aromatic heterocycles. The van der Waals surface area contributed by atoms with Gasteiger partial charge in [-0.15, -0.1) is 0 Å². The number of hydrogen-bond acceptors (Lipinski definition) is 4. The van der Waals surface area contributed by atoms with Crippen molar-refractivity contribution in [3.05, 3.63) is 56.1 Å². The SMILES string of the molecule is CCc1ccc(OCC(=O)Nc2ccc3c(c2)sc(=O)n3CC)c(Br)c1. The normalized spacial score (nSPS) is 10.9. The van der Waals surface area contributed by atoms with Gasteiger partial charge in [-0.1, -0.05) is 24.3 Å². The maximum atomic E-state index is 12.2. The summed E-state index contributed by atoms with van der Waals surface area (Å²) in [6.45, 7) is 4.56. The highest BCUT2D eigenvalue weighted by atomic mass is 79.9. The molecule has 0 aliphatic rings. The highest BCUT2D eigenvalue weighted by molar-refractivity contribution is 9.10. The maximum absolute atomic E-state index is 12.2. The average molecular weight is 435 g/mol. The van der Waals surface area contributed by atoms with Crippen molar-refractivity contribution in [2.24, 2.45) is 0 Å². The van der Waals surface area contributed by atoms with E-state index in [9.17, 15) is 9.59 Å². The number of nitrogens with zero attached hydrogens (tertiary/aromatic N) is 1. The van der Waals surface area contributed by atoms with Crippen LogP contribution in [0.2, 0.25) is 0 Å². The van der Waals surface area contributed by atoms with Gasteiger partial charge in [0.05, 0.1) is 14.7 Å². The van der Waals surface area contributed by atoms with Gasteiger partial charge in [-0.3, -0.25) is 14.2 Å². The minimum absolute atomic E-state index is 0.00897. The molecule has 1 N–H and O–H groups in total. The summed E-state index contributed by atoms with van der Waals surface area (Å²) in [5.41, 5.74) is 2.73. The molecule has 136 valence electrons. The molecule has 0 spiro atoms. The topological polar surface area (TPSA) is 60.3 Å². The van der Waals surface area contributed by atoms with E-state index in [0.717, 1.165) is 21.1 Å². The summed E-state index contributed by atoms with van der Waals surface area (Å²) in [5.74, 6) is 0.379. The van der Waals surface area contributed by atoms with E-state index in [-0.39, 0.29) is 17.4 Å². The molecule has 7 heteroatoms. The lowest BCUT2D eigenvalue weighted by Gasteiger charge is -2.10. The molecule has 0 aliphatic heterocycles. The summed E-state index contributed by atoms with van der Waals surface area (Å²) in [6, 6.07) is 11.3. The monoisotopic (exact) mass is 434 g/mol. The molecule has 3 aromatic rings. The van der Waals surface area contributed by atoms with Crippen LogP contribution < -0.4 is 14.9 Å². The van der Waals surface area contributed by atoms with Crippen molar-refractivity contribution >= 4 is 49.1 Å². The summed E-state index contributed by atoms with van der Waals surface area (Å²) in [5, 5.41) is 2.81. The molecule has 0 saturated carbocycles. The molecule has 1 amide bonds. The number of amides is 1. The van der Waals surface area contributed by atoms with Gasteiger partial charge < -0.3 is 10.1 Å². The van der Waals surface area contributed by atoms with Crippen LogP contribution in [0.1, 0.15) is 19.4 Å². The molecule has 0 radical (unpaired) electrons. The van der Waals surface area contributed by atoms with Crippen molar-refractivity contribution in [1.82, 2.24) is 4.57 Å². The fourth-order valence-corrected chi connectivity index (χ4v) is 4.20. The van der Waals surface area contributed by atoms with E-state index < -0.39 is 0 Å². The molecule has 26 heavy (non-hydrogen) atoms. The number of aromatic nitrogens is 1. The van der Waals surface area contributed by atoms with Crippen molar-refractivity contribution in [3.63, 3.8) is 0 Å². The lowest BCUT2D eigenvalue weighted by Crippen LogP contribution is -2.20. The maximum Gasteiger partial charge on any atom is 0.308 e. The summed E-state index contributed by atoms with van der Waals surface area (Å²) in [7, 11) is 0. The minimum atomic E-state index is -0.252. The van der Waals surface area contributed by atoms with Crippen molar-refractivity contribution in [2.45, 2.75) is 26.8 Å². The molecule has 2 aromatic carbocycles. The lowest BCUT2D eigenvalue weighted by molar-refractivity contribution is -0.118. The lowest BCUT2D eigenvalue weighted by atomic mass is 10.2. The van der Waals surface area contributed by atoms with Gasteiger partial charge in [0.2, 0.25) is 0 Å². The molecule has 0 fully saturated rings. The van der Waals surface area contributed by atoms with Crippen LogP contribution in [0.5, 0.6) is 5.75 Å². The third-order valence-corrected chi connectivity index (χ3v) is 5.59. The van der Waals surface area contributed by atoms with Crippen molar-refractivity contribution in [1.29, 1.82) is 0 Å². The van der Waals surface area contributed by atoms with E-state index >= 15 is 0 Å². The number of thiazole rings is 1. The van der Waals surface area contributed by atoms with E-state index in [1.165, 1.54) is 16.9 Å². The molecule has 0 bridgehead atoms. The first-order chi connectivity index (χ1) is 12.5. The van der Waals surface area contributed by atoms with Crippen LogP contribution in [0.4, 0.5) is 5.69 Å². The molecule has 0 saturated heterocycles. The third-order valence-electron chi connectivity index (χ3n) is 4.03. The zero-order chi connectivity index (χ0) is 18.7. The molecule has 5 nitrogen and oxygen atoms in total. The van der Waals surface area contributed by atoms with Gasteiger partial charge >= 0.3 is 4.87 Å². The molecule has 0 aliphatic carbocycles. The molecule has 0 atom stereocenters. The standard InChI is InChI=1S/C19H19BrN2O3S/c1-3-12-5-8-16(14(20)9-12)25-11-18(23)21-13-6-7-15-17(10-13)26-19(24)22(15)4-2/h5-10H,3-4,11H2,1-2H3,(H,21,23). The number of benzene rings is 2. The van der Waals surface area contributed by atoms with Gasteiger partial charge in [0.25, 0.3) is 5.91 Å². The fraction of sp³-hybridized carbons (Fsp3) is 0.263. The first-order valence-corrected chi connectivity index (χ1v) is 9.97. The van der Waals surface area contributed by atoms with Gasteiger partial charge in [-0.05, 0) is 65.2 Å². The van der Waals surface area contributed by atoms with Gasteiger partial charge in [0.15, 0.2) is 6.61 Å². The quantitative estimate of drug-likeness (QED) is 0.624. The van der Waals surface area contributed by atoms with Crippen LogP contribution in [0, 0.1) is 0 Å². The van der Waals surface area contributed by atoms with E-state index in [1.807, 2.05) is 37.3 Å². The van der Waals surface area contributed by atoms with E-state index in [2.05, 4.69) is 28.2 Å². The third kappa shape index (κ3) is 3.99. The molecule has 0 unspecified atom stereocenters. The van der Waals surface area contributed by atoms with Crippen molar-refractivity contribution in [3.8, 4) is 5.75 Å². The second-order valence-corrected chi connectivity index (χ2v) is 7.60. The number of ether oxygens (including phenoxy) is 1. The fourth-order valence-electron chi connectivity index (χ4n) is 2.67. The summed E-state index contributed by atoms with van der Waals surface area (Å²) < 4.78 is 8.99. The predicted octanol–water partition coefficient (Wildman–Crippen LogP) is 4.43. The molecule has 1 heterocycles. The zero-order valence-electron chi connectivity index (χ0n) is 14.5. The van der Waals surface area contributed by atoms with Gasteiger partial charge in [0, 0.05) is 12.2 Å². The van der Waals surface area contributed by atoms with Crippen LogP contribution in [-0.4, -0.2) is 17.1 Å². The van der Waals surface area contributed by atoms with E-state index in [1.54, 1.807) is 10.6 Å². The Kier molecular flexibility index (Phi) is 5.78. The Bertz CT molecular complexity index is 1010. The smallest absolute Gasteiger partial charge is 0.308 e. The Labute approximate surface area is 163 Å². The Morgan fingerprint density at radius 1 is 1.23 bits per heavy atom. The Balaban J connectivity index is 1.66. The van der Waals surface area contributed by atoms with Crippen LogP contribution >= 0.6 is 27.3 Å². The minimum Gasteiger partial charge on any atom is -0.483 e. The van der Waals surface area contributed by atoms with Crippen molar-refractivity contribution < 1.29 is 9.53 Å². The van der Waals surface area contributed by atoms with Gasteiger partial charge in [-0.2, -0.15) is 0 Å². The van der Waals surface area contributed by atoms with Gasteiger partial charge in [0.1, 0.15) is 5.75 Å². The van der Waals surface area contributed by atoms with Gasteiger partial charge in [-0.25, -0.2) is 0 Å². The molecule has 3 rings (SSSR count). The first kappa shape index (κ1) is 18.7. The number of anilines is 1. The van der Waals surface area contributed by atoms with Crippen LogP contribution in [-0.2, 0) is 17.8 Å². The number of halogens is 1. The zero-order valence-corrected chi connectivity index (χ0v) is 16.9. The van der Waals surface area contributed by atoms with Crippen LogP contribution in [0.3, 0.4) is 0 Å². The first-order valence-electron chi connectivity index (χ1n) is 8.36. The van der Waals surface area contributed by atoms with Crippen LogP contribution in [0.15, 0.2) is 45.7 Å². The van der Waals surface area contributed by atoms with E-state index in [4.69, 9.17) is 4.74 Å². The summed E-state index contributed by atoms with van der Waals surface area (Å²) >= 11 is 4.64. The Morgan fingerprint density at radius 2 is 2.04 bits per heavy atom. The number of fused-ring (bicyclic) bond motifs is 1. The number of rotatable bonds is 6. The highest BCUT2D eigenvalue weighted by Gasteiger charge is 2.10. The number of carbonyl (C=O) groups excluding carboxylic acids is 1. The Hall–Kier alpha value is -2.12. The average Bonchev–Trinajstić information content (AvgIpc) is 2.94. The van der Waals surface area contributed by atoms with Crippen molar-refractivity contribution in [2.75, 3.05) is 11.9 Å².